The van der Waals surface area contributed by atoms with E-state index in [-0.39, 0.29) is 5.60 Å². The van der Waals surface area contributed by atoms with Gasteiger partial charge in [-0.25, -0.2) is 0 Å². The normalized spacial score (nSPS) is 39.0. The van der Waals surface area contributed by atoms with E-state index >= 15 is 0 Å². The van der Waals surface area contributed by atoms with E-state index in [1.807, 2.05) is 0 Å². The zero-order valence-electron chi connectivity index (χ0n) is 13.2. The van der Waals surface area contributed by atoms with Gasteiger partial charge in [-0.05, 0) is 44.1 Å². The monoisotopic (exact) mass is 281 g/mol. The van der Waals surface area contributed by atoms with Gasteiger partial charge in [-0.1, -0.05) is 26.2 Å². The van der Waals surface area contributed by atoms with Gasteiger partial charge in [-0.15, -0.1) is 0 Å². The molecule has 2 heterocycles. The minimum absolute atomic E-state index is 0.0447. The molecule has 0 aromatic heterocycles. The fraction of sp³-hybridized carbons (Fsp3) is 1.00. The lowest BCUT2D eigenvalue weighted by Crippen LogP contribution is -2.53. The topological polar surface area (TPSA) is 30.5 Å². The van der Waals surface area contributed by atoms with Gasteiger partial charge in [0, 0.05) is 25.7 Å². The summed E-state index contributed by atoms with van der Waals surface area (Å²) in [6.07, 6.45) is 10.5. The number of hydrogen-bond acceptors (Lipinski definition) is 3. The maximum atomic E-state index is 6.12. The lowest BCUT2D eigenvalue weighted by Gasteiger charge is -2.48. The van der Waals surface area contributed by atoms with E-state index in [4.69, 9.17) is 9.47 Å². The maximum Gasteiger partial charge on any atom is 0.0939 e. The maximum absolute atomic E-state index is 6.12. The molecule has 116 valence electrons. The van der Waals surface area contributed by atoms with Crippen LogP contribution in [-0.4, -0.2) is 38.5 Å². The molecule has 0 aromatic carbocycles. The molecule has 0 radical (unpaired) electrons. The molecule has 3 fully saturated rings. The first-order valence-corrected chi connectivity index (χ1v) is 8.57. The summed E-state index contributed by atoms with van der Waals surface area (Å²) in [5.41, 5.74) is 0.526. The molecule has 0 bridgehead atoms. The Balaban J connectivity index is 1.71. The Bertz CT molecular complexity index is 319. The molecule has 3 rings (SSSR count). The fourth-order valence-electron chi connectivity index (χ4n) is 5.04. The van der Waals surface area contributed by atoms with Crippen LogP contribution in [0, 0.1) is 11.3 Å². The average molecular weight is 281 g/mol. The Morgan fingerprint density at radius 2 is 1.90 bits per heavy atom. The van der Waals surface area contributed by atoms with E-state index in [2.05, 4.69) is 19.3 Å². The lowest BCUT2D eigenvalue weighted by molar-refractivity contribution is -0.111. The van der Waals surface area contributed by atoms with E-state index in [1.165, 1.54) is 44.9 Å². The zero-order valence-corrected chi connectivity index (χ0v) is 13.2. The Hall–Kier alpha value is -0.120. The van der Waals surface area contributed by atoms with Crippen LogP contribution in [0.4, 0.5) is 0 Å². The lowest BCUT2D eigenvalue weighted by atomic mass is 9.64. The van der Waals surface area contributed by atoms with Gasteiger partial charge in [0.1, 0.15) is 0 Å². The van der Waals surface area contributed by atoms with Crippen LogP contribution in [0.25, 0.3) is 0 Å². The van der Waals surface area contributed by atoms with Crippen LogP contribution in [0.5, 0.6) is 0 Å². The second kappa shape index (κ2) is 5.94. The number of hydrogen-bond donors (Lipinski definition) is 1. The van der Waals surface area contributed by atoms with Crippen molar-refractivity contribution >= 4 is 0 Å². The quantitative estimate of drug-likeness (QED) is 0.862. The Labute approximate surface area is 123 Å². The predicted molar refractivity (Wildman–Crippen MR) is 80.9 cm³/mol. The van der Waals surface area contributed by atoms with Crippen LogP contribution >= 0.6 is 0 Å². The van der Waals surface area contributed by atoms with Gasteiger partial charge >= 0.3 is 0 Å². The molecule has 2 aliphatic heterocycles. The van der Waals surface area contributed by atoms with E-state index in [1.54, 1.807) is 0 Å². The van der Waals surface area contributed by atoms with Crippen molar-refractivity contribution in [1.29, 1.82) is 0 Å². The predicted octanol–water partition coefficient (Wildman–Crippen LogP) is 3.13. The van der Waals surface area contributed by atoms with Gasteiger partial charge in [0.15, 0.2) is 0 Å². The van der Waals surface area contributed by atoms with Gasteiger partial charge in [0.05, 0.1) is 12.2 Å². The molecule has 1 N–H and O–H groups in total. The van der Waals surface area contributed by atoms with E-state index in [0.29, 0.717) is 11.5 Å². The van der Waals surface area contributed by atoms with E-state index < -0.39 is 0 Å². The summed E-state index contributed by atoms with van der Waals surface area (Å²) < 4.78 is 11.7. The van der Waals surface area contributed by atoms with Crippen molar-refractivity contribution in [2.45, 2.75) is 69.9 Å². The van der Waals surface area contributed by atoms with Crippen LogP contribution in [0.2, 0.25) is 0 Å². The summed E-state index contributed by atoms with van der Waals surface area (Å²) in [6.45, 7) is 5.13. The number of nitrogens with one attached hydrogen (secondary N) is 1. The SMILES string of the molecule is CNC(C1CCOC2(CCOC2)C1)C1(C)CCCCC1. The van der Waals surface area contributed by atoms with Crippen molar-refractivity contribution in [3.8, 4) is 0 Å². The van der Waals surface area contributed by atoms with Crippen molar-refractivity contribution in [3.05, 3.63) is 0 Å². The first-order chi connectivity index (χ1) is 9.68. The van der Waals surface area contributed by atoms with E-state index in [9.17, 15) is 0 Å². The van der Waals surface area contributed by atoms with Crippen molar-refractivity contribution in [3.63, 3.8) is 0 Å². The fourth-order valence-corrected chi connectivity index (χ4v) is 5.04. The third-order valence-corrected chi connectivity index (χ3v) is 6.13. The summed E-state index contributed by atoms with van der Waals surface area (Å²) in [4.78, 5) is 0. The van der Waals surface area contributed by atoms with Crippen LogP contribution in [0.1, 0.15) is 58.3 Å². The number of rotatable bonds is 3. The van der Waals surface area contributed by atoms with Crippen LogP contribution in [0.3, 0.4) is 0 Å². The standard InChI is InChI=1S/C17H31NO2/c1-16(7-4-3-5-8-16)15(18-2)14-6-10-20-17(12-14)9-11-19-13-17/h14-15,18H,3-13H2,1-2H3. The third kappa shape index (κ3) is 2.77. The van der Waals surface area contributed by atoms with E-state index in [0.717, 1.165) is 32.2 Å². The Kier molecular flexibility index (Phi) is 4.40. The molecule has 3 aliphatic rings. The van der Waals surface area contributed by atoms with Crippen LogP contribution in [0.15, 0.2) is 0 Å². The first-order valence-electron chi connectivity index (χ1n) is 8.57. The summed E-state index contributed by atoms with van der Waals surface area (Å²) in [5, 5.41) is 3.69. The Morgan fingerprint density at radius 3 is 2.55 bits per heavy atom. The average Bonchev–Trinajstić information content (AvgIpc) is 2.88. The van der Waals surface area contributed by atoms with Gasteiger partial charge in [0.2, 0.25) is 0 Å². The third-order valence-electron chi connectivity index (χ3n) is 6.13. The van der Waals surface area contributed by atoms with Crippen molar-refractivity contribution < 1.29 is 9.47 Å². The molecule has 1 saturated carbocycles. The summed E-state index contributed by atoms with van der Waals surface area (Å²) in [7, 11) is 2.16. The molecule has 1 aliphatic carbocycles. The van der Waals surface area contributed by atoms with Gasteiger partial charge in [0.25, 0.3) is 0 Å². The largest absolute Gasteiger partial charge is 0.378 e. The van der Waals surface area contributed by atoms with Crippen LogP contribution < -0.4 is 5.32 Å². The summed E-state index contributed by atoms with van der Waals surface area (Å²) >= 11 is 0. The van der Waals surface area contributed by atoms with Crippen molar-refractivity contribution in [2.75, 3.05) is 26.9 Å². The Morgan fingerprint density at radius 1 is 1.10 bits per heavy atom. The second-order valence-electron chi connectivity index (χ2n) is 7.57. The smallest absolute Gasteiger partial charge is 0.0939 e. The van der Waals surface area contributed by atoms with Crippen LogP contribution in [-0.2, 0) is 9.47 Å². The highest BCUT2D eigenvalue weighted by atomic mass is 16.6. The molecule has 2 saturated heterocycles. The summed E-state index contributed by atoms with van der Waals surface area (Å²) in [6, 6.07) is 0.643. The summed E-state index contributed by atoms with van der Waals surface area (Å²) in [5.74, 6) is 0.749. The molecule has 0 aromatic rings. The minimum atomic E-state index is 0.0447. The number of ether oxygens (including phenoxy) is 2. The van der Waals surface area contributed by atoms with Crippen molar-refractivity contribution in [2.24, 2.45) is 11.3 Å². The molecule has 3 unspecified atom stereocenters. The molecular formula is C17H31NO2. The zero-order chi connectivity index (χ0) is 14.1. The van der Waals surface area contributed by atoms with Gasteiger partial charge in [-0.3, -0.25) is 0 Å². The molecule has 0 amide bonds. The molecule has 1 spiro atoms. The highest BCUT2D eigenvalue weighted by Crippen LogP contribution is 2.46. The molecule has 3 atom stereocenters. The highest BCUT2D eigenvalue weighted by molar-refractivity contribution is 4.99. The van der Waals surface area contributed by atoms with Gasteiger partial charge in [-0.2, -0.15) is 0 Å². The second-order valence-corrected chi connectivity index (χ2v) is 7.57. The van der Waals surface area contributed by atoms with Gasteiger partial charge < -0.3 is 14.8 Å². The molecule has 3 nitrogen and oxygen atoms in total. The molecule has 3 heteroatoms. The highest BCUT2D eigenvalue weighted by Gasteiger charge is 2.46. The first kappa shape index (κ1) is 14.8. The molecule has 20 heavy (non-hydrogen) atoms. The van der Waals surface area contributed by atoms with Crippen molar-refractivity contribution in [1.82, 2.24) is 5.32 Å². The minimum Gasteiger partial charge on any atom is -0.378 e. The molecular weight excluding hydrogens is 250 g/mol.